The molecule has 0 aliphatic rings. The Kier molecular flexibility index (Phi) is 3.72. The Hall–Kier alpha value is -3.20. The number of nitrogens with zero attached hydrogens (tertiary/aromatic N) is 2. The van der Waals surface area contributed by atoms with Crippen LogP contribution < -0.4 is 11.1 Å². The van der Waals surface area contributed by atoms with Crippen molar-refractivity contribution in [3.8, 4) is 6.07 Å². The van der Waals surface area contributed by atoms with Gasteiger partial charge in [0.05, 0.1) is 5.56 Å². The van der Waals surface area contributed by atoms with E-state index in [1.54, 1.807) is 12.1 Å². The number of nitriles is 1. The number of nitrogens with two attached hydrogens (primary N) is 1. The summed E-state index contributed by atoms with van der Waals surface area (Å²) < 4.78 is 0. The summed E-state index contributed by atoms with van der Waals surface area (Å²) in [6.45, 7) is 0. The van der Waals surface area contributed by atoms with Gasteiger partial charge in [-0.15, -0.1) is 0 Å². The fourth-order valence-corrected chi connectivity index (χ4v) is 1.51. The minimum atomic E-state index is -0.531. The first kappa shape index (κ1) is 13.2. The normalized spacial score (nSPS) is 9.55. The maximum atomic E-state index is 11.9. The lowest BCUT2D eigenvalue weighted by atomic mass is 10.2. The number of nitrogens with one attached hydrogen (secondary N) is 1. The molecule has 1 aromatic heterocycles. The molecule has 6 heteroatoms. The van der Waals surface area contributed by atoms with Gasteiger partial charge in [0.2, 0.25) is 5.91 Å². The molecule has 0 unspecified atom stereocenters. The van der Waals surface area contributed by atoms with E-state index in [2.05, 4.69) is 10.3 Å². The van der Waals surface area contributed by atoms with Crippen LogP contribution in [0.4, 0.5) is 5.69 Å². The molecule has 0 aliphatic carbocycles. The lowest BCUT2D eigenvalue weighted by molar-refractivity contribution is 0.0998. The highest BCUT2D eigenvalue weighted by molar-refractivity contribution is 6.03. The van der Waals surface area contributed by atoms with Crippen LogP contribution in [0, 0.1) is 11.3 Å². The van der Waals surface area contributed by atoms with E-state index < -0.39 is 11.8 Å². The van der Waals surface area contributed by atoms with E-state index in [1.165, 1.54) is 30.5 Å². The standard InChI is InChI=1S/C14H10N4O2/c15-7-9-1-6-12(17-8-9)14(20)18-11-4-2-10(3-5-11)13(16)19/h1-6,8H,(H2,16,19)(H,18,20). The van der Waals surface area contributed by atoms with Gasteiger partial charge in [0.25, 0.3) is 5.91 Å². The van der Waals surface area contributed by atoms with Gasteiger partial charge in [0.15, 0.2) is 0 Å². The maximum absolute atomic E-state index is 11.9. The Morgan fingerprint density at radius 2 is 1.85 bits per heavy atom. The van der Waals surface area contributed by atoms with Gasteiger partial charge in [-0.1, -0.05) is 0 Å². The molecule has 0 fully saturated rings. The van der Waals surface area contributed by atoms with Crippen molar-refractivity contribution in [2.75, 3.05) is 5.32 Å². The molecule has 0 bridgehead atoms. The molecule has 0 saturated heterocycles. The molecule has 20 heavy (non-hydrogen) atoms. The van der Waals surface area contributed by atoms with Gasteiger partial charge in [-0.25, -0.2) is 4.98 Å². The number of hydrogen-bond donors (Lipinski definition) is 2. The molecular weight excluding hydrogens is 256 g/mol. The number of anilines is 1. The second kappa shape index (κ2) is 5.63. The van der Waals surface area contributed by atoms with E-state index in [-0.39, 0.29) is 5.69 Å². The first-order chi connectivity index (χ1) is 9.60. The summed E-state index contributed by atoms with van der Waals surface area (Å²) in [6.07, 6.45) is 1.32. The predicted molar refractivity (Wildman–Crippen MR) is 71.9 cm³/mol. The van der Waals surface area contributed by atoms with Gasteiger partial charge in [-0.05, 0) is 36.4 Å². The molecule has 0 aliphatic heterocycles. The second-order valence-electron chi connectivity index (χ2n) is 3.94. The molecule has 2 aromatic rings. The Morgan fingerprint density at radius 1 is 1.15 bits per heavy atom. The average molecular weight is 266 g/mol. The number of carbonyl (C=O) groups excluding carboxylic acids is 2. The van der Waals surface area contributed by atoms with Crippen LogP contribution in [0.2, 0.25) is 0 Å². The van der Waals surface area contributed by atoms with E-state index in [0.29, 0.717) is 16.8 Å². The molecule has 0 radical (unpaired) electrons. The highest BCUT2D eigenvalue weighted by Gasteiger charge is 2.08. The van der Waals surface area contributed by atoms with Crippen LogP contribution in [0.1, 0.15) is 26.4 Å². The first-order valence-electron chi connectivity index (χ1n) is 5.67. The van der Waals surface area contributed by atoms with Crippen molar-refractivity contribution in [1.82, 2.24) is 4.98 Å². The molecule has 0 spiro atoms. The molecule has 2 rings (SSSR count). The summed E-state index contributed by atoms with van der Waals surface area (Å²) in [5.74, 6) is -0.932. The fraction of sp³-hybridized carbons (Fsp3) is 0. The van der Waals surface area contributed by atoms with E-state index in [4.69, 9.17) is 11.0 Å². The van der Waals surface area contributed by atoms with Crippen molar-refractivity contribution in [2.45, 2.75) is 0 Å². The van der Waals surface area contributed by atoms with Crippen LogP contribution >= 0.6 is 0 Å². The molecule has 3 N–H and O–H groups in total. The van der Waals surface area contributed by atoms with Crippen molar-refractivity contribution in [1.29, 1.82) is 5.26 Å². The fourth-order valence-electron chi connectivity index (χ4n) is 1.51. The Morgan fingerprint density at radius 3 is 2.35 bits per heavy atom. The molecule has 2 amide bonds. The zero-order chi connectivity index (χ0) is 14.5. The van der Waals surface area contributed by atoms with Gasteiger partial charge < -0.3 is 11.1 Å². The van der Waals surface area contributed by atoms with Gasteiger partial charge in [0.1, 0.15) is 11.8 Å². The minimum absolute atomic E-state index is 0.197. The van der Waals surface area contributed by atoms with Gasteiger partial charge in [-0.2, -0.15) is 5.26 Å². The largest absolute Gasteiger partial charge is 0.366 e. The number of amides is 2. The Labute approximate surface area is 114 Å². The lowest BCUT2D eigenvalue weighted by Gasteiger charge is -2.05. The summed E-state index contributed by atoms with van der Waals surface area (Å²) in [5.41, 5.74) is 6.58. The van der Waals surface area contributed by atoms with Crippen molar-refractivity contribution >= 4 is 17.5 Å². The number of rotatable bonds is 3. The van der Waals surface area contributed by atoms with Crippen LogP contribution in [-0.2, 0) is 0 Å². The van der Waals surface area contributed by atoms with Crippen molar-refractivity contribution in [3.63, 3.8) is 0 Å². The van der Waals surface area contributed by atoms with Crippen LogP contribution in [0.15, 0.2) is 42.6 Å². The molecule has 98 valence electrons. The first-order valence-corrected chi connectivity index (χ1v) is 5.67. The molecule has 0 saturated carbocycles. The Balaban J connectivity index is 2.10. The summed E-state index contributed by atoms with van der Waals surface area (Å²) >= 11 is 0. The summed E-state index contributed by atoms with van der Waals surface area (Å²) in [4.78, 5) is 26.7. The minimum Gasteiger partial charge on any atom is -0.366 e. The molecule has 0 atom stereocenters. The predicted octanol–water partition coefficient (Wildman–Crippen LogP) is 1.30. The topological polar surface area (TPSA) is 109 Å². The third-order valence-corrected chi connectivity index (χ3v) is 2.55. The summed E-state index contributed by atoms with van der Waals surface area (Å²) in [7, 11) is 0. The summed E-state index contributed by atoms with van der Waals surface area (Å²) in [5, 5.41) is 11.3. The van der Waals surface area contributed by atoms with Gasteiger partial charge in [-0.3, -0.25) is 9.59 Å². The second-order valence-corrected chi connectivity index (χ2v) is 3.94. The van der Waals surface area contributed by atoms with Crippen LogP contribution in [0.3, 0.4) is 0 Å². The zero-order valence-corrected chi connectivity index (χ0v) is 10.3. The van der Waals surface area contributed by atoms with Gasteiger partial charge in [0, 0.05) is 17.4 Å². The maximum Gasteiger partial charge on any atom is 0.274 e. The monoisotopic (exact) mass is 266 g/mol. The number of carbonyl (C=O) groups is 2. The molecule has 1 heterocycles. The highest BCUT2D eigenvalue weighted by Crippen LogP contribution is 2.10. The lowest BCUT2D eigenvalue weighted by Crippen LogP contribution is -2.14. The molecule has 6 nitrogen and oxygen atoms in total. The van der Waals surface area contributed by atoms with E-state index in [1.807, 2.05) is 6.07 Å². The van der Waals surface area contributed by atoms with E-state index >= 15 is 0 Å². The van der Waals surface area contributed by atoms with Crippen molar-refractivity contribution in [3.05, 3.63) is 59.4 Å². The van der Waals surface area contributed by atoms with Crippen LogP contribution in [0.25, 0.3) is 0 Å². The third-order valence-electron chi connectivity index (χ3n) is 2.55. The number of pyridine rings is 1. The van der Waals surface area contributed by atoms with E-state index in [0.717, 1.165) is 0 Å². The SMILES string of the molecule is N#Cc1ccc(C(=O)Nc2ccc(C(N)=O)cc2)nc1. The van der Waals surface area contributed by atoms with Crippen molar-refractivity contribution < 1.29 is 9.59 Å². The van der Waals surface area contributed by atoms with Gasteiger partial charge >= 0.3 is 0 Å². The van der Waals surface area contributed by atoms with Crippen molar-refractivity contribution in [2.24, 2.45) is 5.73 Å². The number of aromatic nitrogens is 1. The highest BCUT2D eigenvalue weighted by atomic mass is 16.2. The van der Waals surface area contributed by atoms with Crippen LogP contribution in [-0.4, -0.2) is 16.8 Å². The number of hydrogen-bond acceptors (Lipinski definition) is 4. The van der Waals surface area contributed by atoms with Crippen LogP contribution in [0.5, 0.6) is 0 Å². The number of benzene rings is 1. The molecular formula is C14H10N4O2. The quantitative estimate of drug-likeness (QED) is 0.872. The third kappa shape index (κ3) is 2.97. The Bertz CT molecular complexity index is 685. The number of primary amides is 1. The zero-order valence-electron chi connectivity index (χ0n) is 10.3. The smallest absolute Gasteiger partial charge is 0.274 e. The summed E-state index contributed by atoms with van der Waals surface area (Å²) in [6, 6.07) is 11.1. The molecule has 1 aromatic carbocycles. The average Bonchev–Trinajstić information content (AvgIpc) is 2.48. The van der Waals surface area contributed by atoms with E-state index in [9.17, 15) is 9.59 Å².